The molecule has 0 fully saturated rings. The molecule has 0 spiro atoms. The van der Waals surface area contributed by atoms with Crippen LogP contribution in [-0.4, -0.2) is 22.1 Å². The summed E-state index contributed by atoms with van der Waals surface area (Å²) in [6.07, 6.45) is 0. The Bertz CT molecular complexity index is 1030. The predicted molar refractivity (Wildman–Crippen MR) is 103 cm³/mol. The largest absolute Gasteiger partial charge is 0.462 e. The van der Waals surface area contributed by atoms with Crippen molar-refractivity contribution in [3.05, 3.63) is 49.0 Å². The molecule has 6 nitrogen and oxygen atoms in total. The summed E-state index contributed by atoms with van der Waals surface area (Å²) in [7, 11) is 1.51. The van der Waals surface area contributed by atoms with E-state index < -0.39 is 11.8 Å². The Morgan fingerprint density at radius 1 is 1.48 bits per heavy atom. The van der Waals surface area contributed by atoms with Gasteiger partial charge in [0.05, 0.1) is 17.8 Å². The lowest BCUT2D eigenvalue weighted by molar-refractivity contribution is 0.0529. The number of nitrogens with one attached hydrogen (secondary N) is 1. The number of nitrogens with zero attached hydrogens (tertiary/aromatic N) is 2. The average Bonchev–Trinajstić information content (AvgIpc) is 3.04. The van der Waals surface area contributed by atoms with Crippen molar-refractivity contribution in [3.8, 4) is 0 Å². The van der Waals surface area contributed by atoms with E-state index >= 15 is 0 Å². The van der Waals surface area contributed by atoms with E-state index in [-0.39, 0.29) is 34.8 Å². The van der Waals surface area contributed by atoms with Gasteiger partial charge >= 0.3 is 5.97 Å². The molecule has 130 valence electrons. The van der Waals surface area contributed by atoms with Crippen LogP contribution in [0.1, 0.15) is 17.3 Å². The molecule has 1 aromatic carbocycles. The highest BCUT2D eigenvalue weighted by Crippen LogP contribution is 2.29. The third-order valence-corrected chi connectivity index (χ3v) is 5.02. The molecule has 0 amide bonds. The molecule has 0 atom stereocenters. The lowest BCUT2D eigenvalue weighted by atomic mass is 10.2. The minimum Gasteiger partial charge on any atom is -0.462 e. The minimum absolute atomic E-state index is 0.109. The monoisotopic (exact) mass is 473 g/mol. The van der Waals surface area contributed by atoms with Gasteiger partial charge in [0, 0.05) is 10.6 Å². The lowest BCUT2D eigenvalue weighted by Crippen LogP contribution is -2.23. The van der Waals surface area contributed by atoms with Crippen LogP contribution in [0.5, 0.6) is 0 Å². The van der Waals surface area contributed by atoms with Gasteiger partial charge in [0.25, 0.3) is 5.56 Å². The summed E-state index contributed by atoms with van der Waals surface area (Å²) < 4.78 is 21.7. The van der Waals surface area contributed by atoms with Gasteiger partial charge in [-0.15, -0.1) is 11.3 Å². The van der Waals surface area contributed by atoms with E-state index in [1.165, 1.54) is 23.2 Å². The van der Waals surface area contributed by atoms with Crippen LogP contribution in [-0.2, 0) is 11.8 Å². The molecule has 0 aliphatic carbocycles. The molecule has 2 heterocycles. The summed E-state index contributed by atoms with van der Waals surface area (Å²) in [4.78, 5) is 29.1. The Labute approximate surface area is 159 Å². The molecule has 0 saturated carbocycles. The van der Waals surface area contributed by atoms with Gasteiger partial charge in [-0.05, 0) is 47.7 Å². The van der Waals surface area contributed by atoms with E-state index in [9.17, 15) is 14.0 Å². The summed E-state index contributed by atoms with van der Waals surface area (Å²) in [5.41, 5.74) is 1.68. The number of aromatic nitrogens is 2. The number of halogens is 2. The molecule has 0 bridgehead atoms. The van der Waals surface area contributed by atoms with Crippen LogP contribution in [0.15, 0.2) is 28.5 Å². The summed E-state index contributed by atoms with van der Waals surface area (Å²) in [5, 5.41) is 2.85. The molecule has 0 saturated heterocycles. The number of fused-ring (bicyclic) bond motifs is 1. The fourth-order valence-electron chi connectivity index (χ4n) is 2.37. The van der Waals surface area contributed by atoms with Crippen LogP contribution in [0.4, 0.5) is 15.9 Å². The molecule has 3 aromatic rings. The summed E-state index contributed by atoms with van der Waals surface area (Å²) in [6.45, 7) is 1.86. The zero-order chi connectivity index (χ0) is 18.1. The van der Waals surface area contributed by atoms with Crippen molar-refractivity contribution >= 4 is 61.6 Å². The molecule has 0 aliphatic rings. The van der Waals surface area contributed by atoms with E-state index in [2.05, 4.69) is 10.3 Å². The second-order valence-corrected chi connectivity index (χ2v) is 7.19. The van der Waals surface area contributed by atoms with Gasteiger partial charge in [-0.1, -0.05) is 0 Å². The summed E-state index contributed by atoms with van der Waals surface area (Å²) in [5.74, 6) is -0.975. The van der Waals surface area contributed by atoms with Crippen molar-refractivity contribution in [1.82, 2.24) is 9.55 Å². The van der Waals surface area contributed by atoms with E-state index in [0.717, 1.165) is 14.9 Å². The molecular weight excluding hydrogens is 460 g/mol. The second kappa shape index (κ2) is 7.08. The molecular formula is C16H13FIN3O3S. The maximum atomic E-state index is 14.2. The molecule has 0 aliphatic heterocycles. The third-order valence-electron chi connectivity index (χ3n) is 3.54. The van der Waals surface area contributed by atoms with Crippen LogP contribution in [0.3, 0.4) is 0 Å². The Hall–Kier alpha value is -2.01. The minimum atomic E-state index is -0.623. The Morgan fingerprint density at radius 2 is 2.24 bits per heavy atom. The number of pyridine rings is 1. The van der Waals surface area contributed by atoms with Gasteiger partial charge in [0.15, 0.2) is 0 Å². The van der Waals surface area contributed by atoms with Crippen molar-refractivity contribution in [2.75, 3.05) is 11.9 Å². The molecule has 25 heavy (non-hydrogen) atoms. The molecule has 1 N–H and O–H groups in total. The lowest BCUT2D eigenvalue weighted by Gasteiger charge is -2.16. The fourth-order valence-corrected chi connectivity index (χ4v) is 3.59. The number of benzene rings is 1. The van der Waals surface area contributed by atoms with E-state index in [1.807, 2.05) is 22.6 Å². The van der Waals surface area contributed by atoms with E-state index in [0.29, 0.717) is 4.70 Å². The number of esters is 1. The quantitative estimate of drug-likeness (QED) is 0.463. The summed E-state index contributed by atoms with van der Waals surface area (Å²) in [6, 6.07) is 4.61. The zero-order valence-corrected chi connectivity index (χ0v) is 16.3. The Balaban J connectivity index is 2.25. The van der Waals surface area contributed by atoms with E-state index in [1.54, 1.807) is 19.1 Å². The van der Waals surface area contributed by atoms with Crippen molar-refractivity contribution in [1.29, 1.82) is 0 Å². The second-order valence-electron chi connectivity index (χ2n) is 5.09. The zero-order valence-electron chi connectivity index (χ0n) is 13.3. The predicted octanol–water partition coefficient (Wildman–Crippen LogP) is 3.66. The maximum absolute atomic E-state index is 14.2. The number of rotatable bonds is 4. The highest BCUT2D eigenvalue weighted by molar-refractivity contribution is 14.1. The van der Waals surface area contributed by atoms with Crippen molar-refractivity contribution in [2.24, 2.45) is 7.05 Å². The molecule has 3 rings (SSSR count). The first-order valence-corrected chi connectivity index (χ1v) is 9.25. The first-order chi connectivity index (χ1) is 11.9. The average molecular weight is 473 g/mol. The normalized spacial score (nSPS) is 10.9. The van der Waals surface area contributed by atoms with E-state index in [4.69, 9.17) is 4.74 Å². The number of anilines is 2. The number of ether oxygens (including phenoxy) is 1. The Kier molecular flexibility index (Phi) is 5.04. The number of hydrogen-bond acceptors (Lipinski definition) is 6. The maximum Gasteiger partial charge on any atom is 0.344 e. The molecule has 9 heteroatoms. The molecule has 0 radical (unpaired) electrons. The Morgan fingerprint density at radius 3 is 2.92 bits per heavy atom. The fraction of sp³-hybridized carbons (Fsp3) is 0.188. The number of thiazole rings is 1. The highest BCUT2D eigenvalue weighted by atomic mass is 127. The van der Waals surface area contributed by atoms with Gasteiger partial charge in [-0.25, -0.2) is 14.2 Å². The van der Waals surface area contributed by atoms with Gasteiger partial charge in [0.2, 0.25) is 0 Å². The van der Waals surface area contributed by atoms with Crippen molar-refractivity contribution < 1.29 is 13.9 Å². The van der Waals surface area contributed by atoms with Gasteiger partial charge in [0.1, 0.15) is 27.4 Å². The SMILES string of the molecule is CCOC(=O)c1c(Nc2ccc(I)cc2F)n(C)c(=O)c2scnc12. The third kappa shape index (κ3) is 3.25. The standard InChI is InChI=1S/C16H13FIN3O3S/c1-3-24-16(23)11-12-13(25-7-19-12)15(22)21(2)14(11)20-10-5-4-8(18)6-9(10)17/h4-7,20H,3H2,1-2H3. The summed E-state index contributed by atoms with van der Waals surface area (Å²) >= 11 is 3.14. The van der Waals surface area contributed by atoms with Crippen LogP contribution in [0.2, 0.25) is 0 Å². The number of carbonyl (C=O) groups is 1. The van der Waals surface area contributed by atoms with Crippen molar-refractivity contribution in [2.45, 2.75) is 6.92 Å². The number of hydrogen-bond donors (Lipinski definition) is 1. The van der Waals surface area contributed by atoms with Gasteiger partial charge < -0.3 is 10.1 Å². The van der Waals surface area contributed by atoms with Crippen LogP contribution in [0.25, 0.3) is 10.2 Å². The topological polar surface area (TPSA) is 73.2 Å². The van der Waals surface area contributed by atoms with Crippen LogP contribution >= 0.6 is 33.9 Å². The van der Waals surface area contributed by atoms with Gasteiger partial charge in [-0.3, -0.25) is 9.36 Å². The first kappa shape index (κ1) is 17.8. The molecule has 2 aromatic heterocycles. The highest BCUT2D eigenvalue weighted by Gasteiger charge is 2.24. The van der Waals surface area contributed by atoms with Crippen LogP contribution in [0, 0.1) is 9.39 Å². The van der Waals surface area contributed by atoms with Gasteiger partial charge in [-0.2, -0.15) is 0 Å². The van der Waals surface area contributed by atoms with Crippen LogP contribution < -0.4 is 10.9 Å². The first-order valence-electron chi connectivity index (χ1n) is 7.29. The number of carbonyl (C=O) groups excluding carboxylic acids is 1. The smallest absolute Gasteiger partial charge is 0.344 e. The van der Waals surface area contributed by atoms with Crippen molar-refractivity contribution in [3.63, 3.8) is 0 Å². The molecule has 0 unspecified atom stereocenters.